The van der Waals surface area contributed by atoms with Gasteiger partial charge in [-0.15, -0.1) is 0 Å². The number of carbonyl (C=O) groups excluding carboxylic acids is 2. The molecule has 0 radical (unpaired) electrons. The number of rotatable bonds is 1. The fraction of sp³-hybridized carbons (Fsp3) is 0.400. The topological polar surface area (TPSA) is 115 Å². The minimum absolute atomic E-state index is 0.0135. The number of aliphatic hydroxyl groups excluding tert-OH is 1. The van der Waals surface area contributed by atoms with Crippen molar-refractivity contribution in [3.63, 3.8) is 0 Å². The number of fused-ring (bicyclic) bond motifs is 2. The van der Waals surface area contributed by atoms with Crippen molar-refractivity contribution >= 4 is 22.3 Å². The third-order valence-electron chi connectivity index (χ3n) is 5.39. The molecule has 2 aromatic carbocycles. The van der Waals surface area contributed by atoms with Gasteiger partial charge in [-0.3, -0.25) is 9.59 Å². The van der Waals surface area contributed by atoms with E-state index in [1.165, 1.54) is 6.92 Å². The van der Waals surface area contributed by atoms with Crippen LogP contribution in [0.25, 0.3) is 10.8 Å². The zero-order valence-electron chi connectivity index (χ0n) is 15.3. The predicted octanol–water partition coefficient (Wildman–Crippen LogP) is 2.41. The van der Waals surface area contributed by atoms with Crippen molar-refractivity contribution in [2.24, 2.45) is 0 Å². The van der Waals surface area contributed by atoms with Crippen LogP contribution in [-0.4, -0.2) is 37.6 Å². The molecule has 6 nitrogen and oxygen atoms in total. The molecule has 0 aliphatic heterocycles. The van der Waals surface area contributed by atoms with Crippen LogP contribution in [-0.2, 0) is 10.2 Å². The van der Waals surface area contributed by atoms with Crippen LogP contribution in [0.1, 0.15) is 60.8 Å². The molecule has 2 atom stereocenters. The Kier molecular flexibility index (Phi) is 3.73. The van der Waals surface area contributed by atoms with Crippen molar-refractivity contribution in [1.82, 2.24) is 0 Å². The third kappa shape index (κ3) is 2.12. The van der Waals surface area contributed by atoms with E-state index in [-0.39, 0.29) is 22.3 Å². The fourth-order valence-corrected chi connectivity index (χ4v) is 4.01. The molecule has 138 valence electrons. The summed E-state index contributed by atoms with van der Waals surface area (Å²) in [4.78, 5) is 25.4. The maximum Gasteiger partial charge on any atom is 0.205 e. The number of hydrogen-bond donors (Lipinski definition) is 4. The van der Waals surface area contributed by atoms with Crippen LogP contribution in [0.3, 0.4) is 0 Å². The summed E-state index contributed by atoms with van der Waals surface area (Å²) >= 11 is 0. The Hall–Kier alpha value is -2.44. The number of benzene rings is 2. The van der Waals surface area contributed by atoms with Gasteiger partial charge in [0.1, 0.15) is 11.5 Å². The quantitative estimate of drug-likeness (QED) is 0.582. The van der Waals surface area contributed by atoms with Gasteiger partial charge in [0.05, 0.1) is 22.5 Å². The summed E-state index contributed by atoms with van der Waals surface area (Å²) in [6.07, 6.45) is -0.980. The first-order valence-corrected chi connectivity index (χ1v) is 8.36. The molecule has 0 bridgehead atoms. The highest BCUT2D eigenvalue weighted by Gasteiger charge is 2.54. The van der Waals surface area contributed by atoms with Crippen molar-refractivity contribution in [2.75, 3.05) is 0 Å². The highest BCUT2D eigenvalue weighted by atomic mass is 16.3. The van der Waals surface area contributed by atoms with E-state index in [0.717, 1.165) is 6.92 Å². The maximum absolute atomic E-state index is 12.7. The molecule has 4 N–H and O–H groups in total. The summed E-state index contributed by atoms with van der Waals surface area (Å²) in [6.45, 7) is 7.47. The van der Waals surface area contributed by atoms with E-state index < -0.39 is 34.4 Å². The van der Waals surface area contributed by atoms with Crippen LogP contribution >= 0.6 is 0 Å². The second-order valence-corrected chi connectivity index (χ2v) is 7.73. The highest BCUT2D eigenvalue weighted by molar-refractivity contribution is 6.26. The lowest BCUT2D eigenvalue weighted by molar-refractivity contribution is -0.137. The van der Waals surface area contributed by atoms with Crippen LogP contribution in [0.5, 0.6) is 11.5 Å². The summed E-state index contributed by atoms with van der Waals surface area (Å²) in [5.74, 6) is -2.38. The molecule has 0 saturated carbocycles. The Labute approximate surface area is 150 Å². The summed E-state index contributed by atoms with van der Waals surface area (Å²) < 4.78 is 0. The predicted molar refractivity (Wildman–Crippen MR) is 95.6 cm³/mol. The third-order valence-corrected chi connectivity index (χ3v) is 5.39. The average Bonchev–Trinajstić information content (AvgIpc) is 2.51. The molecular formula is C20H22O6. The lowest BCUT2D eigenvalue weighted by Gasteiger charge is -2.38. The smallest absolute Gasteiger partial charge is 0.205 e. The zero-order valence-corrected chi connectivity index (χ0v) is 15.3. The van der Waals surface area contributed by atoms with Crippen LogP contribution in [0.15, 0.2) is 12.1 Å². The number of aliphatic hydroxyl groups is 2. The molecule has 0 amide bonds. The Morgan fingerprint density at radius 3 is 2.15 bits per heavy atom. The van der Waals surface area contributed by atoms with E-state index in [1.54, 1.807) is 32.9 Å². The van der Waals surface area contributed by atoms with Gasteiger partial charge in [0.15, 0.2) is 11.4 Å². The molecule has 2 aromatic rings. The van der Waals surface area contributed by atoms with E-state index in [4.69, 9.17) is 0 Å². The van der Waals surface area contributed by atoms with Crippen molar-refractivity contribution in [3.8, 4) is 11.5 Å². The number of aryl methyl sites for hydroxylation is 1. The second kappa shape index (κ2) is 5.28. The van der Waals surface area contributed by atoms with E-state index in [1.807, 2.05) is 0 Å². The molecule has 0 unspecified atom stereocenters. The van der Waals surface area contributed by atoms with Crippen LogP contribution in [0, 0.1) is 6.92 Å². The number of Topliss-reactive ketones (excluding diaryl/α,β-unsaturated/α-hetero) is 2. The van der Waals surface area contributed by atoms with E-state index >= 15 is 0 Å². The fourth-order valence-electron chi connectivity index (χ4n) is 4.01. The normalized spacial score (nSPS) is 23.2. The Balaban J connectivity index is 2.53. The summed E-state index contributed by atoms with van der Waals surface area (Å²) in [6, 6.07) is 3.25. The van der Waals surface area contributed by atoms with Crippen molar-refractivity contribution < 1.29 is 30.0 Å². The SMILES string of the molecule is Cc1cc2cc3c(c(O)c2c(O)c1[C@H](C)O)C(=O)[C@@](C)(O)C(=O)C3(C)C. The van der Waals surface area contributed by atoms with Gasteiger partial charge >= 0.3 is 0 Å². The largest absolute Gasteiger partial charge is 0.507 e. The van der Waals surface area contributed by atoms with Crippen molar-refractivity contribution in [1.29, 1.82) is 0 Å². The first kappa shape index (κ1) is 18.4. The Morgan fingerprint density at radius 1 is 1.04 bits per heavy atom. The molecule has 0 aromatic heterocycles. The van der Waals surface area contributed by atoms with Gasteiger partial charge in [0, 0.05) is 5.56 Å². The molecule has 1 aliphatic rings. The molecule has 1 aliphatic carbocycles. The number of phenols is 2. The van der Waals surface area contributed by atoms with Crippen LogP contribution in [0.4, 0.5) is 0 Å². The average molecular weight is 358 g/mol. The Morgan fingerprint density at radius 2 is 1.62 bits per heavy atom. The van der Waals surface area contributed by atoms with Gasteiger partial charge in [0.25, 0.3) is 0 Å². The monoisotopic (exact) mass is 358 g/mol. The summed E-state index contributed by atoms with van der Waals surface area (Å²) in [5.41, 5.74) is -2.49. The van der Waals surface area contributed by atoms with Gasteiger partial charge in [0.2, 0.25) is 5.78 Å². The first-order chi connectivity index (χ1) is 11.8. The van der Waals surface area contributed by atoms with Crippen molar-refractivity contribution in [2.45, 2.75) is 51.7 Å². The Bertz CT molecular complexity index is 982. The minimum atomic E-state index is -2.27. The van der Waals surface area contributed by atoms with Gasteiger partial charge < -0.3 is 20.4 Å². The molecule has 0 saturated heterocycles. The molecular weight excluding hydrogens is 336 g/mol. The lowest BCUT2D eigenvalue weighted by atomic mass is 9.64. The number of carbonyl (C=O) groups is 2. The molecule has 6 heteroatoms. The zero-order chi connectivity index (χ0) is 19.8. The van der Waals surface area contributed by atoms with E-state index in [9.17, 15) is 30.0 Å². The van der Waals surface area contributed by atoms with Gasteiger partial charge in [-0.1, -0.05) is 6.07 Å². The van der Waals surface area contributed by atoms with Crippen molar-refractivity contribution in [3.05, 3.63) is 34.4 Å². The number of phenolic OH excluding ortho intramolecular Hbond substituents is 2. The number of ketones is 2. The molecule has 0 spiro atoms. The highest BCUT2D eigenvalue weighted by Crippen LogP contribution is 2.48. The van der Waals surface area contributed by atoms with Gasteiger partial charge in [-0.25, -0.2) is 0 Å². The van der Waals surface area contributed by atoms with Crippen LogP contribution < -0.4 is 0 Å². The summed E-state index contributed by atoms with van der Waals surface area (Å²) in [7, 11) is 0. The second-order valence-electron chi connectivity index (χ2n) is 7.73. The molecule has 0 fully saturated rings. The molecule has 26 heavy (non-hydrogen) atoms. The van der Waals surface area contributed by atoms with Gasteiger partial charge in [-0.2, -0.15) is 0 Å². The van der Waals surface area contributed by atoms with E-state index in [2.05, 4.69) is 0 Å². The standard InChI is InChI=1S/C20H22O6/c1-8-6-10-7-11-14(16(23)13(10)15(22)12(8)9(2)21)17(24)20(5,26)18(25)19(11,3)4/h6-7,9,21-23,26H,1-5H3/t9-,20+/m0/s1. The summed E-state index contributed by atoms with van der Waals surface area (Å²) in [5, 5.41) is 42.3. The maximum atomic E-state index is 12.7. The molecule has 3 rings (SSSR count). The lowest BCUT2D eigenvalue weighted by Crippen LogP contribution is -2.56. The van der Waals surface area contributed by atoms with E-state index in [0.29, 0.717) is 16.5 Å². The molecule has 0 heterocycles. The first-order valence-electron chi connectivity index (χ1n) is 8.36. The van der Waals surface area contributed by atoms with Gasteiger partial charge in [-0.05, 0) is 57.2 Å². The van der Waals surface area contributed by atoms with Crippen LogP contribution in [0.2, 0.25) is 0 Å². The minimum Gasteiger partial charge on any atom is -0.507 e. The number of aromatic hydroxyl groups is 2. The number of hydrogen-bond acceptors (Lipinski definition) is 6.